The van der Waals surface area contributed by atoms with Crippen LogP contribution in [0.3, 0.4) is 0 Å². The average Bonchev–Trinajstić information content (AvgIpc) is 2.92. The summed E-state index contributed by atoms with van der Waals surface area (Å²) in [6, 6.07) is 5.43. The van der Waals surface area contributed by atoms with Gasteiger partial charge in [0.1, 0.15) is 5.75 Å². The molecule has 5 nitrogen and oxygen atoms in total. The van der Waals surface area contributed by atoms with E-state index < -0.39 is 11.4 Å². The third-order valence-corrected chi connectivity index (χ3v) is 4.36. The molecule has 1 atom stereocenters. The quantitative estimate of drug-likeness (QED) is 0.924. The molecule has 1 heterocycles. The van der Waals surface area contributed by atoms with Gasteiger partial charge in [-0.15, -0.1) is 0 Å². The van der Waals surface area contributed by atoms with Crippen LogP contribution < -0.4 is 4.74 Å². The first-order chi connectivity index (χ1) is 9.93. The lowest BCUT2D eigenvalue weighted by atomic mass is 9.84. The molecule has 0 radical (unpaired) electrons. The lowest BCUT2D eigenvalue weighted by Crippen LogP contribution is -2.36. The van der Waals surface area contributed by atoms with E-state index in [4.69, 9.17) is 4.74 Å². The molecule has 21 heavy (non-hydrogen) atoms. The van der Waals surface area contributed by atoms with E-state index in [2.05, 4.69) is 0 Å². The summed E-state index contributed by atoms with van der Waals surface area (Å²) in [4.78, 5) is 25.8. The molecule has 0 spiro atoms. The molecule has 1 aromatic carbocycles. The Morgan fingerprint density at radius 2 is 2.14 bits per heavy atom. The molecule has 0 saturated carbocycles. The smallest absolute Gasteiger partial charge is 0.311 e. The maximum Gasteiger partial charge on any atom is 0.311 e. The van der Waals surface area contributed by atoms with Crippen LogP contribution in [0.25, 0.3) is 0 Å². The van der Waals surface area contributed by atoms with Crippen molar-refractivity contribution in [3.05, 3.63) is 29.3 Å². The molecule has 5 heteroatoms. The highest BCUT2D eigenvalue weighted by Crippen LogP contribution is 2.35. The Morgan fingerprint density at radius 3 is 2.67 bits per heavy atom. The molecular weight excluding hydrogens is 270 g/mol. The zero-order valence-electron chi connectivity index (χ0n) is 12.7. The first-order valence-corrected chi connectivity index (χ1v) is 7.11. The normalized spacial score (nSPS) is 21.4. The Morgan fingerprint density at radius 1 is 1.43 bits per heavy atom. The monoisotopic (exact) mass is 291 g/mol. The van der Waals surface area contributed by atoms with Crippen LogP contribution in [0.1, 0.15) is 35.7 Å². The van der Waals surface area contributed by atoms with Crippen molar-refractivity contribution >= 4 is 11.9 Å². The maximum absolute atomic E-state index is 12.7. The number of carbonyl (C=O) groups excluding carboxylic acids is 1. The number of carboxylic acid groups (broad SMARTS) is 1. The van der Waals surface area contributed by atoms with Gasteiger partial charge in [0.25, 0.3) is 5.91 Å². The van der Waals surface area contributed by atoms with Crippen LogP contribution in [-0.4, -0.2) is 42.1 Å². The number of nitrogens with zero attached hydrogens (tertiary/aromatic N) is 1. The van der Waals surface area contributed by atoms with Gasteiger partial charge in [-0.05, 0) is 31.9 Å². The number of likely N-dealkylation sites (tertiary alicyclic amines) is 1. The Balaban J connectivity index is 2.26. The van der Waals surface area contributed by atoms with Gasteiger partial charge in [-0.1, -0.05) is 18.6 Å². The van der Waals surface area contributed by atoms with Crippen molar-refractivity contribution in [1.29, 1.82) is 0 Å². The summed E-state index contributed by atoms with van der Waals surface area (Å²) in [5, 5.41) is 9.42. The number of carbonyl (C=O) groups is 2. The molecular formula is C16H21NO4. The summed E-state index contributed by atoms with van der Waals surface area (Å²) in [5.41, 5.74) is 0.653. The average molecular weight is 291 g/mol. The fourth-order valence-corrected chi connectivity index (χ4v) is 2.82. The topological polar surface area (TPSA) is 66.8 Å². The molecule has 1 saturated heterocycles. The molecule has 0 aliphatic carbocycles. The molecule has 1 aromatic rings. The van der Waals surface area contributed by atoms with E-state index in [9.17, 15) is 14.7 Å². The lowest BCUT2D eigenvalue weighted by Gasteiger charge is -2.23. The van der Waals surface area contributed by atoms with Gasteiger partial charge in [0.2, 0.25) is 0 Å². The Labute approximate surface area is 124 Å². The Kier molecular flexibility index (Phi) is 4.21. The van der Waals surface area contributed by atoms with E-state index in [0.29, 0.717) is 30.7 Å². The minimum absolute atomic E-state index is 0.160. The fourth-order valence-electron chi connectivity index (χ4n) is 2.82. The van der Waals surface area contributed by atoms with E-state index in [-0.39, 0.29) is 12.5 Å². The van der Waals surface area contributed by atoms with E-state index in [1.165, 1.54) is 7.11 Å². The van der Waals surface area contributed by atoms with Crippen LogP contribution in [0.5, 0.6) is 5.75 Å². The standard InChI is InChI=1S/C16H21NO4/c1-4-16(15(19)20)7-8-17(10-16)14(18)12-9-11(2)5-6-13(12)21-3/h5-6,9H,4,7-8,10H2,1-3H3,(H,19,20). The highest BCUT2D eigenvalue weighted by Gasteiger charge is 2.45. The first-order valence-electron chi connectivity index (χ1n) is 7.11. The van der Waals surface area contributed by atoms with Crippen molar-refractivity contribution in [1.82, 2.24) is 4.90 Å². The number of hydrogen-bond acceptors (Lipinski definition) is 3. The van der Waals surface area contributed by atoms with Gasteiger partial charge in [0.05, 0.1) is 18.1 Å². The Hall–Kier alpha value is -2.04. The second-order valence-corrected chi connectivity index (χ2v) is 5.62. The minimum Gasteiger partial charge on any atom is -0.496 e. The second kappa shape index (κ2) is 5.76. The summed E-state index contributed by atoms with van der Waals surface area (Å²) >= 11 is 0. The van der Waals surface area contributed by atoms with Crippen LogP contribution in [0.2, 0.25) is 0 Å². The number of methoxy groups -OCH3 is 1. The third-order valence-electron chi connectivity index (χ3n) is 4.36. The molecule has 1 unspecified atom stereocenters. The van der Waals surface area contributed by atoms with E-state index in [1.807, 2.05) is 19.9 Å². The van der Waals surface area contributed by atoms with Gasteiger partial charge < -0.3 is 14.7 Å². The summed E-state index contributed by atoms with van der Waals surface area (Å²) in [6.45, 7) is 4.49. The summed E-state index contributed by atoms with van der Waals surface area (Å²) in [7, 11) is 1.53. The molecule has 1 fully saturated rings. The van der Waals surface area contributed by atoms with Crippen LogP contribution >= 0.6 is 0 Å². The van der Waals surface area contributed by atoms with E-state index in [0.717, 1.165) is 5.56 Å². The number of aryl methyl sites for hydroxylation is 1. The molecule has 114 valence electrons. The highest BCUT2D eigenvalue weighted by molar-refractivity contribution is 5.97. The zero-order valence-corrected chi connectivity index (χ0v) is 12.7. The van der Waals surface area contributed by atoms with Crippen molar-refractivity contribution in [2.45, 2.75) is 26.7 Å². The molecule has 0 aromatic heterocycles. The van der Waals surface area contributed by atoms with Crippen LogP contribution in [0.15, 0.2) is 18.2 Å². The minimum atomic E-state index is -0.823. The van der Waals surface area contributed by atoms with Crippen LogP contribution in [-0.2, 0) is 4.79 Å². The van der Waals surface area contributed by atoms with Crippen molar-refractivity contribution in [2.75, 3.05) is 20.2 Å². The predicted octanol–water partition coefficient (Wildman–Crippen LogP) is 2.33. The molecule has 1 N–H and O–H groups in total. The number of amides is 1. The van der Waals surface area contributed by atoms with Gasteiger partial charge >= 0.3 is 5.97 Å². The zero-order chi connectivity index (χ0) is 15.6. The van der Waals surface area contributed by atoms with Gasteiger partial charge in [-0.3, -0.25) is 9.59 Å². The molecule has 2 rings (SSSR count). The van der Waals surface area contributed by atoms with Crippen molar-refractivity contribution in [3.63, 3.8) is 0 Å². The molecule has 1 aliphatic heterocycles. The number of ether oxygens (including phenoxy) is 1. The van der Waals surface area contributed by atoms with E-state index in [1.54, 1.807) is 17.0 Å². The van der Waals surface area contributed by atoms with Crippen molar-refractivity contribution in [2.24, 2.45) is 5.41 Å². The summed E-state index contributed by atoms with van der Waals surface area (Å²) in [6.07, 6.45) is 1.02. The van der Waals surface area contributed by atoms with Gasteiger partial charge in [-0.2, -0.15) is 0 Å². The number of aliphatic carboxylic acids is 1. The largest absolute Gasteiger partial charge is 0.496 e. The lowest BCUT2D eigenvalue weighted by molar-refractivity contribution is -0.148. The predicted molar refractivity (Wildman–Crippen MR) is 78.6 cm³/mol. The SMILES string of the molecule is CCC1(C(=O)O)CCN(C(=O)c2cc(C)ccc2OC)C1. The molecule has 1 aliphatic rings. The van der Waals surface area contributed by atoms with Crippen molar-refractivity contribution < 1.29 is 19.4 Å². The number of rotatable bonds is 4. The number of hydrogen-bond donors (Lipinski definition) is 1. The van der Waals surface area contributed by atoms with Gasteiger partial charge in [0.15, 0.2) is 0 Å². The second-order valence-electron chi connectivity index (χ2n) is 5.62. The fraction of sp³-hybridized carbons (Fsp3) is 0.500. The summed E-state index contributed by atoms with van der Waals surface area (Å²) in [5.74, 6) is -0.460. The number of carboxylic acids is 1. The molecule has 1 amide bonds. The highest BCUT2D eigenvalue weighted by atomic mass is 16.5. The van der Waals surface area contributed by atoms with Crippen LogP contribution in [0.4, 0.5) is 0 Å². The van der Waals surface area contributed by atoms with Crippen molar-refractivity contribution in [3.8, 4) is 5.75 Å². The van der Waals surface area contributed by atoms with Gasteiger partial charge in [-0.25, -0.2) is 0 Å². The maximum atomic E-state index is 12.7. The summed E-state index contributed by atoms with van der Waals surface area (Å²) < 4.78 is 5.24. The molecule has 0 bridgehead atoms. The third kappa shape index (κ3) is 2.73. The first kappa shape index (κ1) is 15.4. The van der Waals surface area contributed by atoms with Crippen LogP contribution in [0, 0.1) is 12.3 Å². The van der Waals surface area contributed by atoms with E-state index >= 15 is 0 Å². The Bertz CT molecular complexity index is 569. The number of benzene rings is 1. The van der Waals surface area contributed by atoms with Gasteiger partial charge in [0, 0.05) is 13.1 Å².